The number of amides is 1. The van der Waals surface area contributed by atoms with Crippen molar-refractivity contribution in [2.75, 3.05) is 11.9 Å². The van der Waals surface area contributed by atoms with Gasteiger partial charge in [0.2, 0.25) is 11.0 Å². The standard InChI is InChI=1S/C7H8F2N4OS.ClH/c8-7(9)1-4(10-2-7)5(14)12-6-13-11-3-15-6;/h3-4,10H,1-2H2,(H,12,13,14);1H. The fourth-order valence-corrected chi connectivity index (χ4v) is 1.77. The maximum atomic E-state index is 12.8. The molecule has 0 aromatic carbocycles. The van der Waals surface area contributed by atoms with E-state index in [0.717, 1.165) is 11.3 Å². The lowest BCUT2D eigenvalue weighted by Gasteiger charge is -2.08. The van der Waals surface area contributed by atoms with Crippen LogP contribution in [0.4, 0.5) is 13.9 Å². The van der Waals surface area contributed by atoms with Crippen LogP contribution in [0.25, 0.3) is 0 Å². The topological polar surface area (TPSA) is 66.9 Å². The number of aromatic nitrogens is 2. The minimum absolute atomic E-state index is 0. The van der Waals surface area contributed by atoms with Crippen molar-refractivity contribution in [2.24, 2.45) is 0 Å². The molecule has 0 radical (unpaired) electrons. The Morgan fingerprint density at radius 2 is 2.44 bits per heavy atom. The molecule has 1 unspecified atom stereocenters. The fraction of sp³-hybridized carbons (Fsp3) is 0.571. The first-order valence-corrected chi connectivity index (χ1v) is 5.13. The first-order chi connectivity index (χ1) is 7.07. The number of hydrogen-bond donors (Lipinski definition) is 2. The highest BCUT2D eigenvalue weighted by molar-refractivity contribution is 7.13. The van der Waals surface area contributed by atoms with Gasteiger partial charge in [0.15, 0.2) is 0 Å². The number of nitrogens with one attached hydrogen (secondary N) is 2. The lowest BCUT2D eigenvalue weighted by atomic mass is 10.2. The molecule has 90 valence electrons. The fourth-order valence-electron chi connectivity index (χ4n) is 1.32. The number of carbonyl (C=O) groups excluding carboxylic acids is 1. The van der Waals surface area contributed by atoms with E-state index in [2.05, 4.69) is 20.8 Å². The first kappa shape index (κ1) is 13.2. The Bertz CT molecular complexity index is 361. The molecule has 1 amide bonds. The lowest BCUT2D eigenvalue weighted by Crippen LogP contribution is -2.35. The van der Waals surface area contributed by atoms with Crippen LogP contribution in [0.2, 0.25) is 0 Å². The molecule has 2 rings (SSSR count). The summed E-state index contributed by atoms with van der Waals surface area (Å²) in [6.45, 7) is -0.457. The zero-order valence-electron chi connectivity index (χ0n) is 7.94. The number of halogens is 3. The van der Waals surface area contributed by atoms with Gasteiger partial charge in [0, 0.05) is 6.42 Å². The minimum atomic E-state index is -2.80. The molecule has 1 saturated heterocycles. The zero-order valence-corrected chi connectivity index (χ0v) is 9.58. The SMILES string of the molecule is Cl.O=C(Nc1nncs1)C1CC(F)(F)CN1. The molecule has 1 aromatic rings. The smallest absolute Gasteiger partial charge is 0.262 e. The Morgan fingerprint density at radius 3 is 2.94 bits per heavy atom. The second kappa shape index (κ2) is 4.98. The molecule has 0 bridgehead atoms. The van der Waals surface area contributed by atoms with E-state index >= 15 is 0 Å². The van der Waals surface area contributed by atoms with Crippen LogP contribution in [0.3, 0.4) is 0 Å². The molecule has 1 aliphatic rings. The van der Waals surface area contributed by atoms with Gasteiger partial charge in [0.05, 0.1) is 12.6 Å². The lowest BCUT2D eigenvalue weighted by molar-refractivity contribution is -0.118. The van der Waals surface area contributed by atoms with E-state index in [1.807, 2.05) is 0 Å². The number of rotatable bonds is 2. The van der Waals surface area contributed by atoms with E-state index in [9.17, 15) is 13.6 Å². The van der Waals surface area contributed by atoms with Crippen molar-refractivity contribution in [1.82, 2.24) is 15.5 Å². The summed E-state index contributed by atoms with van der Waals surface area (Å²) in [6, 6.07) is -0.858. The molecule has 0 spiro atoms. The summed E-state index contributed by atoms with van der Waals surface area (Å²) in [5.41, 5.74) is 1.45. The van der Waals surface area contributed by atoms with Gasteiger partial charge in [-0.15, -0.1) is 22.6 Å². The van der Waals surface area contributed by atoms with E-state index in [1.54, 1.807) is 0 Å². The van der Waals surface area contributed by atoms with Crippen LogP contribution in [0, 0.1) is 0 Å². The van der Waals surface area contributed by atoms with Crippen molar-refractivity contribution in [3.63, 3.8) is 0 Å². The molecule has 1 atom stereocenters. The third-order valence-electron chi connectivity index (χ3n) is 2.02. The summed E-state index contributed by atoms with van der Waals surface area (Å²) in [5.74, 6) is -3.30. The van der Waals surface area contributed by atoms with Crippen LogP contribution in [0.5, 0.6) is 0 Å². The van der Waals surface area contributed by atoms with E-state index < -0.39 is 30.8 Å². The molecule has 1 aromatic heterocycles. The highest BCUT2D eigenvalue weighted by atomic mass is 35.5. The highest BCUT2D eigenvalue weighted by Gasteiger charge is 2.42. The predicted octanol–water partition coefficient (Wildman–Crippen LogP) is 0.896. The van der Waals surface area contributed by atoms with Gasteiger partial charge in [-0.3, -0.25) is 15.4 Å². The highest BCUT2D eigenvalue weighted by Crippen LogP contribution is 2.25. The number of carbonyl (C=O) groups is 1. The molecule has 1 aliphatic heterocycles. The first-order valence-electron chi connectivity index (χ1n) is 4.25. The average molecular weight is 271 g/mol. The Morgan fingerprint density at radius 1 is 1.69 bits per heavy atom. The van der Waals surface area contributed by atoms with Gasteiger partial charge in [0.25, 0.3) is 5.92 Å². The van der Waals surface area contributed by atoms with Crippen molar-refractivity contribution in [3.05, 3.63) is 5.51 Å². The van der Waals surface area contributed by atoms with Crippen molar-refractivity contribution in [3.8, 4) is 0 Å². The molecule has 0 saturated carbocycles. The Kier molecular flexibility index (Phi) is 4.11. The van der Waals surface area contributed by atoms with Gasteiger partial charge < -0.3 is 0 Å². The Hall–Kier alpha value is -0.860. The maximum absolute atomic E-state index is 12.8. The summed E-state index contributed by atoms with van der Waals surface area (Å²) < 4.78 is 25.5. The van der Waals surface area contributed by atoms with Gasteiger partial charge in [-0.2, -0.15) is 0 Å². The van der Waals surface area contributed by atoms with Crippen LogP contribution in [-0.2, 0) is 4.79 Å². The molecule has 9 heteroatoms. The van der Waals surface area contributed by atoms with Crippen molar-refractivity contribution in [1.29, 1.82) is 0 Å². The molecular weight excluding hydrogens is 262 g/mol. The Labute approximate surface area is 100 Å². The number of nitrogens with zero attached hydrogens (tertiary/aromatic N) is 2. The van der Waals surface area contributed by atoms with Crippen molar-refractivity contribution < 1.29 is 13.6 Å². The summed E-state index contributed by atoms with van der Waals surface area (Å²) in [5, 5.41) is 12.3. The zero-order chi connectivity index (χ0) is 10.9. The third kappa shape index (κ3) is 3.06. The summed E-state index contributed by atoms with van der Waals surface area (Å²) >= 11 is 1.14. The summed E-state index contributed by atoms with van der Waals surface area (Å²) in [4.78, 5) is 11.4. The maximum Gasteiger partial charge on any atom is 0.262 e. The largest absolute Gasteiger partial charge is 0.300 e. The monoisotopic (exact) mass is 270 g/mol. The molecule has 2 heterocycles. The van der Waals surface area contributed by atoms with Crippen LogP contribution < -0.4 is 10.6 Å². The number of anilines is 1. The average Bonchev–Trinajstić information content (AvgIpc) is 2.74. The van der Waals surface area contributed by atoms with Gasteiger partial charge in [-0.05, 0) is 0 Å². The van der Waals surface area contributed by atoms with Crippen LogP contribution in [-0.4, -0.2) is 34.6 Å². The Balaban J connectivity index is 0.00000128. The van der Waals surface area contributed by atoms with Gasteiger partial charge >= 0.3 is 0 Å². The van der Waals surface area contributed by atoms with Crippen LogP contribution >= 0.6 is 23.7 Å². The van der Waals surface area contributed by atoms with Gasteiger partial charge in [-0.25, -0.2) is 8.78 Å². The van der Waals surface area contributed by atoms with Gasteiger partial charge in [0.1, 0.15) is 5.51 Å². The third-order valence-corrected chi connectivity index (χ3v) is 2.62. The van der Waals surface area contributed by atoms with E-state index in [1.165, 1.54) is 5.51 Å². The predicted molar refractivity (Wildman–Crippen MR) is 57.1 cm³/mol. The minimum Gasteiger partial charge on any atom is -0.300 e. The molecule has 1 fully saturated rings. The quantitative estimate of drug-likeness (QED) is 0.838. The normalized spacial score (nSPS) is 22.5. The molecule has 2 N–H and O–H groups in total. The molecule has 16 heavy (non-hydrogen) atoms. The van der Waals surface area contributed by atoms with Crippen LogP contribution in [0.1, 0.15) is 6.42 Å². The van der Waals surface area contributed by atoms with Crippen molar-refractivity contribution in [2.45, 2.75) is 18.4 Å². The van der Waals surface area contributed by atoms with Crippen molar-refractivity contribution >= 4 is 34.8 Å². The second-order valence-corrected chi connectivity index (χ2v) is 4.06. The number of alkyl halides is 2. The summed E-state index contributed by atoms with van der Waals surface area (Å²) in [7, 11) is 0. The van der Waals surface area contributed by atoms with Crippen LogP contribution in [0.15, 0.2) is 5.51 Å². The number of hydrogen-bond acceptors (Lipinski definition) is 5. The molecular formula is C7H9ClF2N4OS. The molecule has 5 nitrogen and oxygen atoms in total. The summed E-state index contributed by atoms with van der Waals surface area (Å²) in [6.07, 6.45) is -0.475. The van der Waals surface area contributed by atoms with E-state index in [4.69, 9.17) is 0 Å². The van der Waals surface area contributed by atoms with E-state index in [0.29, 0.717) is 5.13 Å². The second-order valence-electron chi connectivity index (χ2n) is 3.23. The van der Waals surface area contributed by atoms with E-state index in [-0.39, 0.29) is 12.4 Å². The van der Waals surface area contributed by atoms with Gasteiger partial charge in [-0.1, -0.05) is 11.3 Å². The molecule has 0 aliphatic carbocycles.